The minimum atomic E-state index is -3.84. The summed E-state index contributed by atoms with van der Waals surface area (Å²) < 4.78 is 32.1. The monoisotopic (exact) mass is 391 g/mol. The SMILES string of the molecule is COc1ccc(S(=O)(=O)NCC(=O)Nc2ccc(NC(C)=O)cc2)c(C)c1. The van der Waals surface area contributed by atoms with Crippen molar-refractivity contribution in [3.05, 3.63) is 48.0 Å². The Morgan fingerprint density at radius 2 is 1.59 bits per heavy atom. The second-order valence-electron chi connectivity index (χ2n) is 5.76. The first-order valence-corrected chi connectivity index (χ1v) is 9.51. The number of benzene rings is 2. The van der Waals surface area contributed by atoms with Gasteiger partial charge in [-0.1, -0.05) is 0 Å². The molecule has 0 aliphatic carbocycles. The lowest BCUT2D eigenvalue weighted by Crippen LogP contribution is -2.33. The quantitative estimate of drug-likeness (QED) is 0.667. The molecule has 0 aliphatic heterocycles. The Morgan fingerprint density at radius 3 is 2.11 bits per heavy atom. The van der Waals surface area contributed by atoms with Gasteiger partial charge in [-0.2, -0.15) is 0 Å². The van der Waals surface area contributed by atoms with E-state index in [1.54, 1.807) is 37.3 Å². The minimum Gasteiger partial charge on any atom is -0.497 e. The fourth-order valence-electron chi connectivity index (χ4n) is 2.33. The van der Waals surface area contributed by atoms with E-state index >= 15 is 0 Å². The van der Waals surface area contributed by atoms with Gasteiger partial charge in [0.25, 0.3) is 0 Å². The Hall–Kier alpha value is -2.91. The third-order valence-electron chi connectivity index (χ3n) is 3.58. The molecule has 0 aliphatic rings. The van der Waals surface area contributed by atoms with Crippen molar-refractivity contribution in [2.45, 2.75) is 18.7 Å². The molecule has 0 saturated heterocycles. The smallest absolute Gasteiger partial charge is 0.241 e. The Balaban J connectivity index is 1.97. The lowest BCUT2D eigenvalue weighted by Gasteiger charge is -2.11. The Bertz CT molecular complexity index is 940. The van der Waals surface area contributed by atoms with Gasteiger partial charge < -0.3 is 15.4 Å². The van der Waals surface area contributed by atoms with E-state index in [2.05, 4.69) is 15.4 Å². The summed E-state index contributed by atoms with van der Waals surface area (Å²) in [5.74, 6) is -0.168. The van der Waals surface area contributed by atoms with Crippen LogP contribution < -0.4 is 20.1 Å². The molecule has 9 heteroatoms. The molecule has 3 N–H and O–H groups in total. The molecular weight excluding hydrogens is 370 g/mol. The summed E-state index contributed by atoms with van der Waals surface area (Å²) in [4.78, 5) is 23.1. The number of aryl methyl sites for hydroxylation is 1. The van der Waals surface area contributed by atoms with E-state index in [1.807, 2.05) is 0 Å². The van der Waals surface area contributed by atoms with Crippen LogP contribution >= 0.6 is 0 Å². The maximum absolute atomic E-state index is 12.4. The van der Waals surface area contributed by atoms with Gasteiger partial charge in [-0.05, 0) is 55.0 Å². The van der Waals surface area contributed by atoms with E-state index in [0.29, 0.717) is 22.7 Å². The molecule has 27 heavy (non-hydrogen) atoms. The van der Waals surface area contributed by atoms with Crippen molar-refractivity contribution in [3.8, 4) is 5.75 Å². The van der Waals surface area contributed by atoms with Crippen molar-refractivity contribution < 1.29 is 22.7 Å². The van der Waals surface area contributed by atoms with Crippen LogP contribution in [0.15, 0.2) is 47.4 Å². The lowest BCUT2D eigenvalue weighted by molar-refractivity contribution is -0.115. The van der Waals surface area contributed by atoms with Crippen molar-refractivity contribution in [1.29, 1.82) is 0 Å². The van der Waals surface area contributed by atoms with Gasteiger partial charge in [0.15, 0.2) is 0 Å². The summed E-state index contributed by atoms with van der Waals surface area (Å²) in [6, 6.07) is 11.0. The summed E-state index contributed by atoms with van der Waals surface area (Å²) >= 11 is 0. The van der Waals surface area contributed by atoms with Gasteiger partial charge in [0.05, 0.1) is 18.6 Å². The third-order valence-corrected chi connectivity index (χ3v) is 5.14. The molecule has 0 radical (unpaired) electrons. The van der Waals surface area contributed by atoms with E-state index in [-0.39, 0.29) is 10.8 Å². The number of hydrogen-bond donors (Lipinski definition) is 3. The molecule has 144 valence electrons. The summed E-state index contributed by atoms with van der Waals surface area (Å²) in [7, 11) is -2.34. The molecule has 0 atom stereocenters. The van der Waals surface area contributed by atoms with Crippen molar-refractivity contribution >= 4 is 33.2 Å². The number of anilines is 2. The molecule has 8 nitrogen and oxygen atoms in total. The van der Waals surface area contributed by atoms with Gasteiger partial charge in [0, 0.05) is 18.3 Å². The van der Waals surface area contributed by atoms with Gasteiger partial charge in [-0.15, -0.1) is 0 Å². The lowest BCUT2D eigenvalue weighted by atomic mass is 10.2. The van der Waals surface area contributed by atoms with Crippen LogP contribution in [0.2, 0.25) is 0 Å². The molecule has 2 aromatic carbocycles. The van der Waals surface area contributed by atoms with Crippen LogP contribution in [0.4, 0.5) is 11.4 Å². The third kappa shape index (κ3) is 5.80. The topological polar surface area (TPSA) is 114 Å². The summed E-state index contributed by atoms with van der Waals surface area (Å²) in [5.41, 5.74) is 1.58. The van der Waals surface area contributed by atoms with Gasteiger partial charge in [0.2, 0.25) is 21.8 Å². The number of rotatable bonds is 7. The summed E-state index contributed by atoms with van der Waals surface area (Å²) in [5, 5.41) is 5.19. The van der Waals surface area contributed by atoms with Crippen molar-refractivity contribution in [3.63, 3.8) is 0 Å². The average Bonchev–Trinajstić information content (AvgIpc) is 2.61. The summed E-state index contributed by atoms with van der Waals surface area (Å²) in [6.45, 7) is 2.63. The molecular formula is C18H21N3O5S. The maximum atomic E-state index is 12.4. The predicted molar refractivity (Wildman–Crippen MR) is 102 cm³/mol. The summed E-state index contributed by atoms with van der Waals surface area (Å²) in [6.07, 6.45) is 0. The number of sulfonamides is 1. The standard InChI is InChI=1S/C18H21N3O5S/c1-12-10-16(26-3)8-9-17(12)27(24,25)19-11-18(23)21-15-6-4-14(5-7-15)20-13(2)22/h4-10,19H,11H2,1-3H3,(H,20,22)(H,21,23). The molecule has 0 heterocycles. The van der Waals surface area contributed by atoms with Gasteiger partial charge in [0.1, 0.15) is 5.75 Å². The largest absolute Gasteiger partial charge is 0.497 e. The van der Waals surface area contributed by atoms with Crippen LogP contribution in [0.3, 0.4) is 0 Å². The minimum absolute atomic E-state index is 0.0794. The second-order valence-corrected chi connectivity index (χ2v) is 7.50. The van der Waals surface area contributed by atoms with E-state index in [1.165, 1.54) is 26.2 Å². The molecule has 0 bridgehead atoms. The Morgan fingerprint density at radius 1 is 1.00 bits per heavy atom. The average molecular weight is 391 g/mol. The Labute approximate surface area is 158 Å². The molecule has 0 saturated carbocycles. The fourth-order valence-corrected chi connectivity index (χ4v) is 3.54. The van der Waals surface area contributed by atoms with E-state index in [0.717, 1.165) is 0 Å². The molecule has 2 amide bonds. The Kier molecular flexibility index (Phi) is 6.54. The van der Waals surface area contributed by atoms with Crippen LogP contribution in [0.25, 0.3) is 0 Å². The first-order chi connectivity index (χ1) is 12.7. The fraction of sp³-hybridized carbons (Fsp3) is 0.222. The highest BCUT2D eigenvalue weighted by molar-refractivity contribution is 7.89. The normalized spacial score (nSPS) is 10.9. The van der Waals surface area contributed by atoms with E-state index in [9.17, 15) is 18.0 Å². The highest BCUT2D eigenvalue weighted by Gasteiger charge is 2.18. The number of carbonyl (C=O) groups excluding carboxylic acids is 2. The number of hydrogen-bond acceptors (Lipinski definition) is 5. The maximum Gasteiger partial charge on any atom is 0.241 e. The van der Waals surface area contributed by atoms with Crippen molar-refractivity contribution in [1.82, 2.24) is 4.72 Å². The zero-order valence-electron chi connectivity index (χ0n) is 15.2. The number of ether oxygens (including phenoxy) is 1. The zero-order valence-corrected chi connectivity index (χ0v) is 16.0. The molecule has 0 aromatic heterocycles. The van der Waals surface area contributed by atoms with Crippen LogP contribution in [-0.2, 0) is 19.6 Å². The van der Waals surface area contributed by atoms with Gasteiger partial charge >= 0.3 is 0 Å². The van der Waals surface area contributed by atoms with Crippen LogP contribution in [-0.4, -0.2) is 33.9 Å². The zero-order chi connectivity index (χ0) is 20.0. The first kappa shape index (κ1) is 20.4. The molecule has 0 unspecified atom stereocenters. The number of amides is 2. The molecule has 2 rings (SSSR count). The van der Waals surface area contributed by atoms with Crippen LogP contribution in [0, 0.1) is 6.92 Å². The predicted octanol–water partition coefficient (Wildman–Crippen LogP) is 1.88. The highest BCUT2D eigenvalue weighted by Crippen LogP contribution is 2.20. The van der Waals surface area contributed by atoms with Crippen molar-refractivity contribution in [2.24, 2.45) is 0 Å². The molecule has 0 spiro atoms. The number of methoxy groups -OCH3 is 1. The van der Waals surface area contributed by atoms with Gasteiger partial charge in [-0.25, -0.2) is 13.1 Å². The number of nitrogens with one attached hydrogen (secondary N) is 3. The van der Waals surface area contributed by atoms with E-state index in [4.69, 9.17) is 4.74 Å². The highest BCUT2D eigenvalue weighted by atomic mass is 32.2. The molecule has 0 fully saturated rings. The van der Waals surface area contributed by atoms with E-state index < -0.39 is 22.5 Å². The van der Waals surface area contributed by atoms with Crippen LogP contribution in [0.1, 0.15) is 12.5 Å². The van der Waals surface area contributed by atoms with Crippen LogP contribution in [0.5, 0.6) is 5.75 Å². The number of carbonyl (C=O) groups is 2. The second kappa shape index (κ2) is 8.65. The molecule has 2 aromatic rings. The first-order valence-electron chi connectivity index (χ1n) is 8.03. The van der Waals surface area contributed by atoms with Crippen molar-refractivity contribution in [2.75, 3.05) is 24.3 Å². The van der Waals surface area contributed by atoms with Gasteiger partial charge in [-0.3, -0.25) is 9.59 Å².